The van der Waals surface area contributed by atoms with Crippen molar-refractivity contribution in [3.8, 4) is 0 Å². The molecule has 0 aliphatic rings. The molecule has 2 rings (SSSR count). The topological polar surface area (TPSA) is 104 Å². The van der Waals surface area contributed by atoms with Crippen molar-refractivity contribution in [2.45, 2.75) is 13.1 Å². The van der Waals surface area contributed by atoms with Crippen molar-refractivity contribution in [1.29, 1.82) is 0 Å². The smallest absolute Gasteiger partial charge is 0.242 e. The van der Waals surface area contributed by atoms with Crippen LogP contribution < -0.4 is 11.1 Å². The van der Waals surface area contributed by atoms with E-state index in [0.717, 1.165) is 0 Å². The van der Waals surface area contributed by atoms with E-state index in [1.54, 1.807) is 30.3 Å². The quantitative estimate of drug-likeness (QED) is 0.700. The van der Waals surface area contributed by atoms with Crippen LogP contribution in [0.5, 0.6) is 0 Å². The molecule has 0 atom stereocenters. The summed E-state index contributed by atoms with van der Waals surface area (Å²) in [6, 6.07) is 1.63. The fourth-order valence-electron chi connectivity index (χ4n) is 1.31. The Balaban J connectivity index is 1.82. The van der Waals surface area contributed by atoms with Gasteiger partial charge < -0.3 is 11.1 Å². The zero-order valence-electron chi connectivity index (χ0n) is 9.37. The Bertz CT molecular complexity index is 515. The molecule has 0 unspecified atom stereocenters. The highest BCUT2D eigenvalue weighted by atomic mass is 16.2. The van der Waals surface area contributed by atoms with E-state index < -0.39 is 0 Å². The molecule has 3 N–H and O–H groups in total. The largest absolute Gasteiger partial charge is 0.382 e. The van der Waals surface area contributed by atoms with Gasteiger partial charge in [0.05, 0.1) is 6.54 Å². The summed E-state index contributed by atoms with van der Waals surface area (Å²) in [4.78, 5) is 15.5. The third-order valence-corrected chi connectivity index (χ3v) is 2.06. The lowest BCUT2D eigenvalue weighted by atomic mass is 10.5. The SMILES string of the molecule is Cn1cnc(CNC(=O)Cn2ccc(N)n2)n1. The molecule has 90 valence electrons. The Hall–Kier alpha value is -2.38. The summed E-state index contributed by atoms with van der Waals surface area (Å²) in [6.45, 7) is 0.431. The molecular weight excluding hydrogens is 222 g/mol. The molecule has 17 heavy (non-hydrogen) atoms. The van der Waals surface area contributed by atoms with Crippen molar-refractivity contribution >= 4 is 11.7 Å². The second kappa shape index (κ2) is 4.64. The minimum absolute atomic E-state index is 0.129. The zero-order valence-corrected chi connectivity index (χ0v) is 9.37. The van der Waals surface area contributed by atoms with Crippen LogP contribution >= 0.6 is 0 Å². The van der Waals surface area contributed by atoms with Crippen molar-refractivity contribution in [3.05, 3.63) is 24.4 Å². The molecule has 2 aromatic rings. The molecule has 0 bridgehead atoms. The first-order chi connectivity index (χ1) is 8.13. The van der Waals surface area contributed by atoms with Crippen molar-refractivity contribution in [3.63, 3.8) is 0 Å². The number of amides is 1. The molecule has 0 aliphatic heterocycles. The molecule has 2 aromatic heterocycles. The van der Waals surface area contributed by atoms with E-state index in [2.05, 4.69) is 20.5 Å². The molecule has 0 aliphatic carbocycles. The van der Waals surface area contributed by atoms with Crippen LogP contribution in [-0.2, 0) is 24.9 Å². The van der Waals surface area contributed by atoms with Gasteiger partial charge in [-0.05, 0) is 6.07 Å². The maximum atomic E-state index is 11.5. The number of hydrogen-bond donors (Lipinski definition) is 2. The van der Waals surface area contributed by atoms with Crippen LogP contribution in [-0.4, -0.2) is 30.5 Å². The average molecular weight is 235 g/mol. The van der Waals surface area contributed by atoms with Crippen LogP contribution in [0, 0.1) is 0 Å². The van der Waals surface area contributed by atoms with E-state index in [0.29, 0.717) is 18.2 Å². The Morgan fingerprint density at radius 3 is 2.94 bits per heavy atom. The average Bonchev–Trinajstić information content (AvgIpc) is 2.85. The number of aromatic nitrogens is 5. The van der Waals surface area contributed by atoms with Crippen LogP contribution in [0.4, 0.5) is 5.82 Å². The Morgan fingerprint density at radius 2 is 2.35 bits per heavy atom. The highest BCUT2D eigenvalue weighted by Gasteiger charge is 2.05. The number of nitrogens with one attached hydrogen (secondary N) is 1. The number of rotatable bonds is 4. The summed E-state index contributed by atoms with van der Waals surface area (Å²) in [6.07, 6.45) is 3.23. The highest BCUT2D eigenvalue weighted by molar-refractivity contribution is 5.75. The molecular formula is C9H13N7O. The number of hydrogen-bond acceptors (Lipinski definition) is 5. The van der Waals surface area contributed by atoms with Gasteiger partial charge >= 0.3 is 0 Å². The molecule has 0 radical (unpaired) electrons. The van der Waals surface area contributed by atoms with E-state index in [9.17, 15) is 4.79 Å². The molecule has 0 saturated carbocycles. The first-order valence-corrected chi connectivity index (χ1v) is 5.03. The van der Waals surface area contributed by atoms with Crippen molar-refractivity contribution in [2.75, 3.05) is 5.73 Å². The summed E-state index contributed by atoms with van der Waals surface area (Å²) in [5.41, 5.74) is 5.44. The normalized spacial score (nSPS) is 10.4. The lowest BCUT2D eigenvalue weighted by Crippen LogP contribution is -2.27. The minimum Gasteiger partial charge on any atom is -0.382 e. The maximum Gasteiger partial charge on any atom is 0.242 e. The van der Waals surface area contributed by atoms with Gasteiger partial charge in [0.25, 0.3) is 0 Å². The van der Waals surface area contributed by atoms with Gasteiger partial charge in [0.1, 0.15) is 18.7 Å². The number of nitrogens with two attached hydrogens (primary N) is 1. The second-order valence-electron chi connectivity index (χ2n) is 3.55. The summed E-state index contributed by atoms with van der Waals surface area (Å²) in [5, 5.41) is 10.6. The number of carbonyl (C=O) groups is 1. The fourth-order valence-corrected chi connectivity index (χ4v) is 1.31. The summed E-state index contributed by atoms with van der Waals surface area (Å²) < 4.78 is 3.05. The summed E-state index contributed by atoms with van der Waals surface area (Å²) in [7, 11) is 1.77. The van der Waals surface area contributed by atoms with E-state index in [1.165, 1.54) is 4.68 Å². The van der Waals surface area contributed by atoms with Crippen LogP contribution in [0.2, 0.25) is 0 Å². The molecule has 0 saturated heterocycles. The number of nitrogen functional groups attached to an aromatic ring is 1. The number of nitrogens with zero attached hydrogens (tertiary/aromatic N) is 5. The Morgan fingerprint density at radius 1 is 1.53 bits per heavy atom. The van der Waals surface area contributed by atoms with E-state index in [1.807, 2.05) is 0 Å². The molecule has 8 heteroatoms. The van der Waals surface area contributed by atoms with Gasteiger partial charge in [-0.25, -0.2) is 4.98 Å². The third-order valence-electron chi connectivity index (χ3n) is 2.06. The highest BCUT2D eigenvalue weighted by Crippen LogP contribution is 1.95. The molecule has 1 amide bonds. The van der Waals surface area contributed by atoms with Crippen molar-refractivity contribution in [1.82, 2.24) is 29.9 Å². The molecule has 0 aromatic carbocycles. The number of anilines is 1. The van der Waals surface area contributed by atoms with Gasteiger partial charge in [-0.3, -0.25) is 14.2 Å². The van der Waals surface area contributed by atoms with Gasteiger partial charge in [-0.1, -0.05) is 0 Å². The van der Waals surface area contributed by atoms with Gasteiger partial charge in [-0.2, -0.15) is 10.2 Å². The van der Waals surface area contributed by atoms with Crippen LogP contribution in [0.3, 0.4) is 0 Å². The minimum atomic E-state index is -0.166. The van der Waals surface area contributed by atoms with E-state index in [-0.39, 0.29) is 12.5 Å². The predicted octanol–water partition coefficient (Wildman–Crippen LogP) is -1.09. The van der Waals surface area contributed by atoms with Crippen molar-refractivity contribution < 1.29 is 4.79 Å². The first kappa shape index (κ1) is 11.1. The summed E-state index contributed by atoms with van der Waals surface area (Å²) in [5.74, 6) is 0.797. The van der Waals surface area contributed by atoms with E-state index >= 15 is 0 Å². The lowest BCUT2D eigenvalue weighted by molar-refractivity contribution is -0.122. The molecule has 2 heterocycles. The monoisotopic (exact) mass is 235 g/mol. The summed E-state index contributed by atoms with van der Waals surface area (Å²) >= 11 is 0. The van der Waals surface area contributed by atoms with Crippen LogP contribution in [0.1, 0.15) is 5.82 Å². The van der Waals surface area contributed by atoms with Gasteiger partial charge in [0.15, 0.2) is 5.82 Å². The fraction of sp³-hybridized carbons (Fsp3) is 0.333. The lowest BCUT2D eigenvalue weighted by Gasteiger charge is -2.02. The number of carbonyl (C=O) groups excluding carboxylic acids is 1. The Kier molecular flexibility index (Phi) is 3.03. The maximum absolute atomic E-state index is 11.5. The van der Waals surface area contributed by atoms with Crippen LogP contribution in [0.15, 0.2) is 18.6 Å². The van der Waals surface area contributed by atoms with Crippen LogP contribution in [0.25, 0.3) is 0 Å². The second-order valence-corrected chi connectivity index (χ2v) is 3.55. The predicted molar refractivity (Wildman–Crippen MR) is 59.5 cm³/mol. The first-order valence-electron chi connectivity index (χ1n) is 5.03. The van der Waals surface area contributed by atoms with Gasteiger partial charge in [0, 0.05) is 13.2 Å². The molecule has 8 nitrogen and oxygen atoms in total. The van der Waals surface area contributed by atoms with Crippen molar-refractivity contribution in [2.24, 2.45) is 7.05 Å². The van der Waals surface area contributed by atoms with Gasteiger partial charge in [0.2, 0.25) is 5.91 Å². The standard InChI is InChI=1S/C9H13N7O/c1-15-6-12-8(14-15)4-11-9(17)5-16-3-2-7(10)13-16/h2-3,6H,4-5H2,1H3,(H2,10,13)(H,11,17). The molecule has 0 spiro atoms. The van der Waals surface area contributed by atoms with Gasteiger partial charge in [-0.15, -0.1) is 0 Å². The molecule has 0 fully saturated rings. The third kappa shape index (κ3) is 3.03. The number of aryl methyl sites for hydroxylation is 1. The zero-order chi connectivity index (χ0) is 12.3. The van der Waals surface area contributed by atoms with E-state index in [4.69, 9.17) is 5.73 Å². The Labute approximate surface area is 97.4 Å².